The van der Waals surface area contributed by atoms with Crippen LogP contribution in [0, 0.1) is 5.41 Å². The molecule has 6 heteroatoms. The molecule has 0 heterocycles. The summed E-state index contributed by atoms with van der Waals surface area (Å²) in [6, 6.07) is 24.0. The largest absolute Gasteiger partial charge is 0.497 e. The van der Waals surface area contributed by atoms with Crippen molar-refractivity contribution < 1.29 is 9.53 Å². The third kappa shape index (κ3) is 6.51. The van der Waals surface area contributed by atoms with Gasteiger partial charge in [-0.05, 0) is 53.7 Å². The Balaban J connectivity index is 2.00. The topological polar surface area (TPSA) is 88.2 Å². The lowest BCUT2D eigenvalue weighted by Gasteiger charge is -2.22. The van der Waals surface area contributed by atoms with Crippen LogP contribution >= 0.6 is 11.8 Å². The minimum atomic E-state index is -0.716. The second-order valence-corrected chi connectivity index (χ2v) is 8.84. The van der Waals surface area contributed by atoms with E-state index in [1.807, 2.05) is 84.6 Å². The number of hydrogen-bond donors (Lipinski definition) is 3. The van der Waals surface area contributed by atoms with Crippen LogP contribution in [0.1, 0.15) is 29.2 Å². The lowest BCUT2D eigenvalue weighted by molar-refractivity contribution is -0.115. The number of carbonyl (C=O) groups excluding carboxylic acids is 1. The zero-order valence-electron chi connectivity index (χ0n) is 19.6. The summed E-state index contributed by atoms with van der Waals surface area (Å²) in [5, 5.41) is 11.4. The molecule has 5 nitrogen and oxygen atoms in total. The number of nitrogens with two attached hydrogens (primary N) is 1. The SMILES string of the molecule is COc1cc(CCCSC)cc(NC(C(=O)C(C=N)=C(N)c2ccccc2)c2ccccc2)c1. The smallest absolute Gasteiger partial charge is 0.193 e. The van der Waals surface area contributed by atoms with Crippen LogP contribution in [0.25, 0.3) is 5.70 Å². The molecule has 1 unspecified atom stereocenters. The molecular formula is C28H31N3O2S. The maximum Gasteiger partial charge on any atom is 0.193 e. The van der Waals surface area contributed by atoms with Crippen LogP contribution in [0.15, 0.2) is 84.4 Å². The number of thioether (sulfide) groups is 1. The van der Waals surface area contributed by atoms with Crippen molar-refractivity contribution in [1.29, 1.82) is 5.41 Å². The Morgan fingerprint density at radius 1 is 1.09 bits per heavy atom. The molecule has 4 N–H and O–H groups in total. The minimum absolute atomic E-state index is 0.163. The Morgan fingerprint density at radius 3 is 2.38 bits per heavy atom. The number of anilines is 1. The molecule has 0 amide bonds. The molecule has 0 aliphatic heterocycles. The van der Waals surface area contributed by atoms with Crippen LogP contribution in [-0.4, -0.2) is 31.1 Å². The van der Waals surface area contributed by atoms with Crippen molar-refractivity contribution in [2.24, 2.45) is 5.73 Å². The summed E-state index contributed by atoms with van der Waals surface area (Å²) < 4.78 is 5.52. The molecule has 0 saturated heterocycles. The summed E-state index contributed by atoms with van der Waals surface area (Å²) in [6.45, 7) is 0. The van der Waals surface area contributed by atoms with Gasteiger partial charge in [0.05, 0.1) is 18.4 Å². The summed E-state index contributed by atoms with van der Waals surface area (Å²) in [6.07, 6.45) is 5.12. The van der Waals surface area contributed by atoms with Gasteiger partial charge < -0.3 is 21.2 Å². The van der Waals surface area contributed by atoms with E-state index in [1.165, 1.54) is 0 Å². The van der Waals surface area contributed by atoms with Crippen LogP contribution < -0.4 is 15.8 Å². The van der Waals surface area contributed by atoms with Crippen molar-refractivity contribution in [2.45, 2.75) is 18.9 Å². The Bertz CT molecular complexity index is 1130. The van der Waals surface area contributed by atoms with E-state index >= 15 is 0 Å². The fourth-order valence-electron chi connectivity index (χ4n) is 3.75. The molecule has 0 spiro atoms. The molecular weight excluding hydrogens is 442 g/mol. The number of rotatable bonds is 12. The highest BCUT2D eigenvalue weighted by atomic mass is 32.2. The fraction of sp³-hybridized carbons (Fsp3) is 0.214. The highest BCUT2D eigenvalue weighted by Crippen LogP contribution is 2.29. The van der Waals surface area contributed by atoms with Gasteiger partial charge in [-0.1, -0.05) is 60.7 Å². The normalized spacial score (nSPS) is 12.4. The molecule has 0 aliphatic carbocycles. The number of nitrogens with one attached hydrogen (secondary N) is 2. The number of carbonyl (C=O) groups is 1. The minimum Gasteiger partial charge on any atom is -0.497 e. The number of ether oxygens (including phenoxy) is 1. The van der Waals surface area contributed by atoms with Gasteiger partial charge in [0, 0.05) is 18.0 Å². The first kappa shape index (κ1) is 25.1. The highest BCUT2D eigenvalue weighted by molar-refractivity contribution is 7.98. The van der Waals surface area contributed by atoms with Crippen molar-refractivity contribution in [3.05, 3.63) is 101 Å². The van der Waals surface area contributed by atoms with Gasteiger partial charge in [-0.25, -0.2) is 0 Å². The monoisotopic (exact) mass is 473 g/mol. The lowest BCUT2D eigenvalue weighted by atomic mass is 9.94. The molecule has 3 aromatic carbocycles. The fourth-order valence-corrected chi connectivity index (χ4v) is 4.18. The number of ketones is 1. The van der Waals surface area contributed by atoms with Gasteiger partial charge in [0.25, 0.3) is 0 Å². The van der Waals surface area contributed by atoms with Crippen LogP contribution in [0.3, 0.4) is 0 Å². The number of hydrogen-bond acceptors (Lipinski definition) is 6. The second-order valence-electron chi connectivity index (χ2n) is 7.86. The van der Waals surface area contributed by atoms with Crippen molar-refractivity contribution in [2.75, 3.05) is 24.4 Å². The summed E-state index contributed by atoms with van der Waals surface area (Å²) in [4.78, 5) is 13.8. The first-order chi connectivity index (χ1) is 16.6. The third-order valence-corrected chi connectivity index (χ3v) is 6.20. The molecule has 0 bridgehead atoms. The lowest BCUT2D eigenvalue weighted by Crippen LogP contribution is -2.25. The van der Waals surface area contributed by atoms with E-state index < -0.39 is 6.04 Å². The van der Waals surface area contributed by atoms with Gasteiger partial charge in [-0.15, -0.1) is 0 Å². The predicted molar refractivity (Wildman–Crippen MR) is 144 cm³/mol. The maximum absolute atomic E-state index is 13.8. The molecule has 0 saturated carbocycles. The Kier molecular flexibility index (Phi) is 9.35. The average Bonchev–Trinajstić information content (AvgIpc) is 2.88. The molecule has 3 aromatic rings. The van der Waals surface area contributed by atoms with E-state index in [4.69, 9.17) is 15.9 Å². The van der Waals surface area contributed by atoms with Crippen molar-refractivity contribution in [3.8, 4) is 5.75 Å². The molecule has 0 aromatic heterocycles. The summed E-state index contributed by atoms with van der Waals surface area (Å²) in [5.74, 6) is 1.54. The second kappa shape index (κ2) is 12.7. The maximum atomic E-state index is 13.8. The zero-order chi connectivity index (χ0) is 24.3. The van der Waals surface area contributed by atoms with E-state index in [2.05, 4.69) is 17.6 Å². The number of aryl methyl sites for hydroxylation is 1. The Hall–Kier alpha value is -3.51. The molecule has 3 rings (SSSR count). The summed E-state index contributed by atoms with van der Waals surface area (Å²) in [7, 11) is 1.64. The highest BCUT2D eigenvalue weighted by Gasteiger charge is 2.25. The van der Waals surface area contributed by atoms with Crippen molar-refractivity contribution in [3.63, 3.8) is 0 Å². The summed E-state index contributed by atoms with van der Waals surface area (Å²) in [5.41, 5.74) is 10.2. The van der Waals surface area contributed by atoms with E-state index in [-0.39, 0.29) is 17.1 Å². The molecule has 0 aliphatic rings. The van der Waals surface area contributed by atoms with E-state index in [1.54, 1.807) is 7.11 Å². The number of methoxy groups -OCH3 is 1. The first-order valence-electron chi connectivity index (χ1n) is 11.2. The van der Waals surface area contributed by atoms with Crippen LogP contribution in [-0.2, 0) is 11.2 Å². The van der Waals surface area contributed by atoms with Crippen LogP contribution in [0.4, 0.5) is 5.69 Å². The van der Waals surface area contributed by atoms with Gasteiger partial charge in [0.2, 0.25) is 0 Å². The Morgan fingerprint density at radius 2 is 1.76 bits per heavy atom. The van der Waals surface area contributed by atoms with Crippen LogP contribution in [0.5, 0.6) is 5.75 Å². The number of benzene rings is 3. The quantitative estimate of drug-likeness (QED) is 0.178. The average molecular weight is 474 g/mol. The van der Waals surface area contributed by atoms with Crippen molar-refractivity contribution in [1.82, 2.24) is 0 Å². The van der Waals surface area contributed by atoms with Crippen molar-refractivity contribution >= 4 is 35.1 Å². The molecule has 176 valence electrons. The molecule has 1 atom stereocenters. The van der Waals surface area contributed by atoms with E-state index in [0.29, 0.717) is 5.56 Å². The van der Waals surface area contributed by atoms with Crippen LogP contribution in [0.2, 0.25) is 0 Å². The zero-order valence-corrected chi connectivity index (χ0v) is 20.4. The standard InChI is InChI=1S/C28H31N3O2S/c1-33-24-17-20(10-9-15-34-2)16-23(18-24)31-27(22-13-7-4-8-14-22)28(32)25(19-29)26(30)21-11-5-3-6-12-21/h3-8,11-14,16-19,27,29,31H,9-10,15,30H2,1-2H3. The Labute approximate surface area is 205 Å². The van der Waals surface area contributed by atoms with E-state index in [9.17, 15) is 4.79 Å². The first-order valence-corrected chi connectivity index (χ1v) is 12.5. The van der Waals surface area contributed by atoms with Gasteiger partial charge in [-0.2, -0.15) is 11.8 Å². The van der Waals surface area contributed by atoms with E-state index in [0.717, 1.165) is 47.4 Å². The molecule has 0 radical (unpaired) electrons. The van der Waals surface area contributed by atoms with Gasteiger partial charge in [0.15, 0.2) is 5.78 Å². The molecule has 34 heavy (non-hydrogen) atoms. The molecule has 0 fully saturated rings. The van der Waals surface area contributed by atoms with Gasteiger partial charge >= 0.3 is 0 Å². The predicted octanol–water partition coefficient (Wildman–Crippen LogP) is 5.73. The summed E-state index contributed by atoms with van der Waals surface area (Å²) >= 11 is 1.82. The number of Topliss-reactive ketones (excluding diaryl/α,β-unsaturated/α-hetero) is 1. The van der Waals surface area contributed by atoms with Gasteiger partial charge in [-0.3, -0.25) is 4.79 Å². The third-order valence-electron chi connectivity index (χ3n) is 5.51. The van der Waals surface area contributed by atoms with Gasteiger partial charge in [0.1, 0.15) is 11.8 Å².